The number of hydrogen-bond donors (Lipinski definition) is 1. The number of carbonyl (C=O) groups is 2. The minimum Gasteiger partial charge on any atom is -0.503 e. The van der Waals surface area contributed by atoms with Crippen molar-refractivity contribution in [2.75, 3.05) is 18.6 Å². The van der Waals surface area contributed by atoms with Crippen molar-refractivity contribution in [1.82, 2.24) is 0 Å². The number of halogens is 1. The number of methoxy groups -OCH3 is 1. The van der Waals surface area contributed by atoms with Crippen molar-refractivity contribution < 1.29 is 24.2 Å². The van der Waals surface area contributed by atoms with Crippen LogP contribution < -0.4 is 9.64 Å². The van der Waals surface area contributed by atoms with E-state index in [1.807, 2.05) is 0 Å². The first-order valence-electron chi connectivity index (χ1n) is 8.47. The Kier molecular flexibility index (Phi) is 6.61. The van der Waals surface area contributed by atoms with Gasteiger partial charge in [0.25, 0.3) is 5.91 Å². The van der Waals surface area contributed by atoms with Gasteiger partial charge >= 0.3 is 5.97 Å². The van der Waals surface area contributed by atoms with Crippen molar-refractivity contribution in [3.05, 3.63) is 56.9 Å². The average Bonchev–Trinajstić information content (AvgIpc) is 2.97. The van der Waals surface area contributed by atoms with E-state index in [2.05, 4.69) is 15.9 Å². The second-order valence-electron chi connectivity index (χ2n) is 5.84. The molecule has 9 heteroatoms. The van der Waals surface area contributed by atoms with E-state index in [0.717, 1.165) is 11.8 Å². The molecule has 0 bridgehead atoms. The number of esters is 1. The summed E-state index contributed by atoms with van der Waals surface area (Å²) >= 11 is 9.80. The number of phenolic OH excluding ortho intramolecular Hbond substituents is 1. The van der Waals surface area contributed by atoms with Gasteiger partial charge in [0, 0.05) is 0 Å². The Balaban J connectivity index is 1.93. The Bertz CT molecular complexity index is 1040. The predicted octanol–water partition coefficient (Wildman–Crippen LogP) is 4.75. The highest BCUT2D eigenvalue weighted by atomic mass is 79.9. The van der Waals surface area contributed by atoms with E-state index in [0.29, 0.717) is 30.5 Å². The summed E-state index contributed by atoms with van der Waals surface area (Å²) < 4.78 is 11.0. The van der Waals surface area contributed by atoms with Gasteiger partial charge in [-0.3, -0.25) is 9.69 Å². The van der Waals surface area contributed by atoms with Gasteiger partial charge in [0.15, 0.2) is 15.8 Å². The summed E-state index contributed by atoms with van der Waals surface area (Å²) in [5.74, 6) is -0.503. The number of ether oxygens (including phenoxy) is 2. The molecule has 0 spiro atoms. The van der Waals surface area contributed by atoms with E-state index in [-0.39, 0.29) is 24.0 Å². The molecular formula is C20H16BrNO5S2. The van der Waals surface area contributed by atoms with Gasteiger partial charge in [-0.2, -0.15) is 0 Å². The minimum absolute atomic E-state index is 0.0204. The van der Waals surface area contributed by atoms with Crippen LogP contribution in [-0.2, 0) is 9.53 Å². The number of carbonyl (C=O) groups excluding carboxylic acids is 2. The number of rotatable bonds is 5. The van der Waals surface area contributed by atoms with Gasteiger partial charge in [0.2, 0.25) is 0 Å². The molecule has 3 rings (SSSR count). The van der Waals surface area contributed by atoms with Crippen LogP contribution in [0, 0.1) is 0 Å². The zero-order chi connectivity index (χ0) is 21.1. The second kappa shape index (κ2) is 8.98. The summed E-state index contributed by atoms with van der Waals surface area (Å²) in [5.41, 5.74) is 1.49. The Morgan fingerprint density at radius 3 is 2.79 bits per heavy atom. The van der Waals surface area contributed by atoms with E-state index >= 15 is 0 Å². The van der Waals surface area contributed by atoms with Crippen LogP contribution in [0.4, 0.5) is 5.69 Å². The molecule has 2 aromatic carbocycles. The molecule has 1 N–H and O–H groups in total. The quantitative estimate of drug-likeness (QED) is 0.366. The molecule has 150 valence electrons. The van der Waals surface area contributed by atoms with Gasteiger partial charge in [-0.15, -0.1) is 0 Å². The van der Waals surface area contributed by atoms with Crippen molar-refractivity contribution in [2.45, 2.75) is 6.92 Å². The lowest BCUT2D eigenvalue weighted by molar-refractivity contribution is -0.113. The number of nitrogens with zero attached hydrogens (tertiary/aromatic N) is 1. The van der Waals surface area contributed by atoms with Crippen LogP contribution in [0.5, 0.6) is 11.5 Å². The summed E-state index contributed by atoms with van der Waals surface area (Å²) in [4.78, 5) is 26.8. The molecule has 29 heavy (non-hydrogen) atoms. The van der Waals surface area contributed by atoms with Crippen LogP contribution in [0.15, 0.2) is 45.8 Å². The molecule has 0 saturated carbocycles. The molecule has 1 amide bonds. The summed E-state index contributed by atoms with van der Waals surface area (Å²) in [6.07, 6.45) is 1.67. The van der Waals surface area contributed by atoms with E-state index in [4.69, 9.17) is 21.7 Å². The highest BCUT2D eigenvalue weighted by Crippen LogP contribution is 2.39. The molecule has 6 nitrogen and oxygen atoms in total. The van der Waals surface area contributed by atoms with Gasteiger partial charge in [-0.25, -0.2) is 4.79 Å². The molecule has 0 radical (unpaired) electrons. The monoisotopic (exact) mass is 493 g/mol. The second-order valence-corrected chi connectivity index (χ2v) is 8.37. The summed E-state index contributed by atoms with van der Waals surface area (Å²) in [6.45, 7) is 1.99. The molecule has 1 aliphatic rings. The van der Waals surface area contributed by atoms with Crippen molar-refractivity contribution in [2.24, 2.45) is 0 Å². The summed E-state index contributed by atoms with van der Waals surface area (Å²) in [5, 5.41) is 9.95. The van der Waals surface area contributed by atoms with Crippen molar-refractivity contribution in [3.63, 3.8) is 0 Å². The third-order valence-electron chi connectivity index (χ3n) is 3.98. The number of thiocarbonyl (C=S) groups is 1. The molecule has 0 aliphatic carbocycles. The van der Waals surface area contributed by atoms with Crippen LogP contribution in [0.3, 0.4) is 0 Å². The van der Waals surface area contributed by atoms with Crippen molar-refractivity contribution in [3.8, 4) is 11.5 Å². The zero-order valence-corrected chi connectivity index (χ0v) is 18.7. The molecule has 0 aromatic heterocycles. The maximum absolute atomic E-state index is 13.0. The fraction of sp³-hybridized carbons (Fsp3) is 0.150. The SMILES string of the molecule is CCOC(=O)c1cccc(N2C(=O)/C(=C\c3cc(Br)c(O)c(OC)c3)SC2=S)c1. The molecule has 1 saturated heterocycles. The average molecular weight is 494 g/mol. The highest BCUT2D eigenvalue weighted by molar-refractivity contribution is 9.10. The third kappa shape index (κ3) is 4.47. The fourth-order valence-electron chi connectivity index (χ4n) is 2.66. The Hall–Kier alpha value is -2.36. The first-order valence-corrected chi connectivity index (χ1v) is 10.5. The Labute approximate surface area is 185 Å². The van der Waals surface area contributed by atoms with E-state index < -0.39 is 5.97 Å². The van der Waals surface area contributed by atoms with Crippen LogP contribution in [-0.4, -0.2) is 35.0 Å². The molecule has 2 aromatic rings. The zero-order valence-electron chi connectivity index (χ0n) is 15.5. The van der Waals surface area contributed by atoms with E-state index in [1.54, 1.807) is 49.4 Å². The molecule has 1 fully saturated rings. The third-order valence-corrected chi connectivity index (χ3v) is 5.88. The molecule has 1 heterocycles. The molecule has 0 unspecified atom stereocenters. The normalized spacial score (nSPS) is 15.1. The number of benzene rings is 2. The topological polar surface area (TPSA) is 76.1 Å². The summed E-state index contributed by atoms with van der Waals surface area (Å²) in [7, 11) is 1.45. The minimum atomic E-state index is -0.462. The van der Waals surface area contributed by atoms with Crippen LogP contribution in [0.1, 0.15) is 22.8 Å². The fourth-order valence-corrected chi connectivity index (χ4v) is 4.42. The van der Waals surface area contributed by atoms with E-state index in [1.165, 1.54) is 12.0 Å². The lowest BCUT2D eigenvalue weighted by atomic mass is 10.1. The number of thioether (sulfide) groups is 1. The Morgan fingerprint density at radius 2 is 2.10 bits per heavy atom. The largest absolute Gasteiger partial charge is 0.503 e. The number of aromatic hydroxyl groups is 1. The van der Waals surface area contributed by atoms with Crippen molar-refractivity contribution >= 4 is 67.9 Å². The van der Waals surface area contributed by atoms with Gasteiger partial charge in [0.1, 0.15) is 0 Å². The van der Waals surface area contributed by atoms with Crippen LogP contribution in [0.25, 0.3) is 6.08 Å². The maximum Gasteiger partial charge on any atom is 0.338 e. The van der Waals surface area contributed by atoms with E-state index in [9.17, 15) is 14.7 Å². The molecule has 1 aliphatic heterocycles. The lowest BCUT2D eigenvalue weighted by Crippen LogP contribution is -2.27. The number of anilines is 1. The van der Waals surface area contributed by atoms with Crippen LogP contribution in [0.2, 0.25) is 0 Å². The lowest BCUT2D eigenvalue weighted by Gasteiger charge is -2.15. The van der Waals surface area contributed by atoms with Gasteiger partial charge in [0.05, 0.1) is 34.3 Å². The highest BCUT2D eigenvalue weighted by Gasteiger charge is 2.33. The first kappa shape index (κ1) is 21.4. The predicted molar refractivity (Wildman–Crippen MR) is 120 cm³/mol. The first-order chi connectivity index (χ1) is 13.8. The molecule has 0 atom stereocenters. The van der Waals surface area contributed by atoms with Gasteiger partial charge in [-0.05, 0) is 64.8 Å². The number of hydrogen-bond acceptors (Lipinski definition) is 7. The molecular weight excluding hydrogens is 478 g/mol. The number of phenols is 1. The maximum atomic E-state index is 13.0. The van der Waals surface area contributed by atoms with Gasteiger partial charge in [-0.1, -0.05) is 30.0 Å². The smallest absolute Gasteiger partial charge is 0.338 e. The Morgan fingerprint density at radius 1 is 1.34 bits per heavy atom. The van der Waals surface area contributed by atoms with Gasteiger partial charge < -0.3 is 14.6 Å². The standard InChI is InChI=1S/C20H16BrNO5S2/c1-3-27-19(25)12-5-4-6-13(10-12)22-18(24)16(29-20(22)28)9-11-7-14(21)17(23)15(8-11)26-2/h4-10,23H,3H2,1-2H3/b16-9+. The number of amides is 1. The van der Waals surface area contributed by atoms with Crippen molar-refractivity contribution in [1.29, 1.82) is 0 Å². The summed E-state index contributed by atoms with van der Waals surface area (Å²) in [6, 6.07) is 9.86. The van der Waals surface area contributed by atoms with Crippen LogP contribution >= 0.6 is 39.9 Å².